The van der Waals surface area contributed by atoms with Gasteiger partial charge in [0.15, 0.2) is 0 Å². The summed E-state index contributed by atoms with van der Waals surface area (Å²) in [4.78, 5) is 0. The monoisotopic (exact) mass is 390 g/mol. The van der Waals surface area contributed by atoms with Crippen LogP contribution in [0.4, 0.5) is 8.78 Å². The molecule has 0 aliphatic rings. The Morgan fingerprint density at radius 3 is 2.05 bits per heavy atom. The molecular formula is C14H10Br2F2O. The maximum atomic E-state index is 13.5. The normalized spacial score (nSPS) is 12.5. The summed E-state index contributed by atoms with van der Waals surface area (Å²) >= 11 is 6.61. The van der Waals surface area contributed by atoms with Crippen molar-refractivity contribution >= 4 is 31.9 Å². The van der Waals surface area contributed by atoms with Crippen molar-refractivity contribution in [1.29, 1.82) is 0 Å². The third kappa shape index (κ3) is 3.61. The maximum Gasteiger partial charge on any atom is 0.129 e. The lowest BCUT2D eigenvalue weighted by Gasteiger charge is -2.13. The third-order valence-corrected chi connectivity index (χ3v) is 3.64. The molecule has 0 heterocycles. The summed E-state index contributed by atoms with van der Waals surface area (Å²) in [6.45, 7) is 0. The quantitative estimate of drug-likeness (QED) is 0.799. The Morgan fingerprint density at radius 1 is 1.00 bits per heavy atom. The van der Waals surface area contributed by atoms with Crippen molar-refractivity contribution in [2.75, 3.05) is 0 Å². The standard InChI is InChI=1S/C14H10Br2F2O/c15-9-4-8(5-10(16)6-9)14(19)7-11-12(17)2-1-3-13(11)18/h1-6,14,19H,7H2. The van der Waals surface area contributed by atoms with E-state index < -0.39 is 17.7 Å². The molecule has 0 aromatic heterocycles. The van der Waals surface area contributed by atoms with Gasteiger partial charge in [-0.1, -0.05) is 37.9 Å². The van der Waals surface area contributed by atoms with E-state index in [1.807, 2.05) is 6.07 Å². The van der Waals surface area contributed by atoms with Crippen LogP contribution in [-0.2, 0) is 6.42 Å². The Hall–Kier alpha value is -0.780. The number of halogens is 4. The fraction of sp³-hybridized carbons (Fsp3) is 0.143. The van der Waals surface area contributed by atoms with Gasteiger partial charge in [-0.2, -0.15) is 0 Å². The van der Waals surface area contributed by atoms with Crippen molar-refractivity contribution < 1.29 is 13.9 Å². The molecule has 0 saturated carbocycles. The molecule has 0 radical (unpaired) electrons. The highest BCUT2D eigenvalue weighted by Crippen LogP contribution is 2.27. The molecule has 2 rings (SSSR count). The molecule has 1 N–H and O–H groups in total. The largest absolute Gasteiger partial charge is 0.388 e. The zero-order valence-corrected chi connectivity index (χ0v) is 12.9. The van der Waals surface area contributed by atoms with E-state index in [2.05, 4.69) is 31.9 Å². The molecule has 2 aromatic carbocycles. The van der Waals surface area contributed by atoms with E-state index in [4.69, 9.17) is 0 Å². The van der Waals surface area contributed by atoms with Crippen LogP contribution in [0.25, 0.3) is 0 Å². The predicted octanol–water partition coefficient (Wildman–Crippen LogP) is 4.77. The van der Waals surface area contributed by atoms with Crippen molar-refractivity contribution in [2.24, 2.45) is 0 Å². The summed E-state index contributed by atoms with van der Waals surface area (Å²) in [7, 11) is 0. The lowest BCUT2D eigenvalue weighted by Crippen LogP contribution is -2.06. The number of aliphatic hydroxyl groups excluding tert-OH is 1. The van der Waals surface area contributed by atoms with Crippen LogP contribution in [0.2, 0.25) is 0 Å². The Kier molecular flexibility index (Phi) is 4.71. The molecule has 19 heavy (non-hydrogen) atoms. The summed E-state index contributed by atoms with van der Waals surface area (Å²) in [5.74, 6) is -1.29. The van der Waals surface area contributed by atoms with Crippen molar-refractivity contribution in [1.82, 2.24) is 0 Å². The van der Waals surface area contributed by atoms with E-state index in [0.29, 0.717) is 5.56 Å². The van der Waals surface area contributed by atoms with Crippen LogP contribution >= 0.6 is 31.9 Å². The van der Waals surface area contributed by atoms with Gasteiger partial charge >= 0.3 is 0 Å². The molecule has 1 unspecified atom stereocenters. The number of hydrogen-bond acceptors (Lipinski definition) is 1. The van der Waals surface area contributed by atoms with E-state index in [9.17, 15) is 13.9 Å². The maximum absolute atomic E-state index is 13.5. The summed E-state index contributed by atoms with van der Waals surface area (Å²) in [5, 5.41) is 10.1. The molecule has 0 saturated heterocycles. The van der Waals surface area contributed by atoms with Crippen molar-refractivity contribution in [3.63, 3.8) is 0 Å². The highest BCUT2D eigenvalue weighted by molar-refractivity contribution is 9.11. The van der Waals surface area contributed by atoms with Crippen LogP contribution in [0.3, 0.4) is 0 Å². The molecule has 0 fully saturated rings. The first-order chi connectivity index (χ1) is 8.97. The Morgan fingerprint density at radius 2 is 1.53 bits per heavy atom. The van der Waals surface area contributed by atoms with Crippen LogP contribution in [0, 0.1) is 11.6 Å². The molecule has 0 amide bonds. The molecule has 0 aliphatic heterocycles. The molecule has 100 valence electrons. The third-order valence-electron chi connectivity index (χ3n) is 2.73. The minimum atomic E-state index is -0.972. The van der Waals surface area contributed by atoms with Crippen LogP contribution < -0.4 is 0 Å². The Labute approximate surface area is 126 Å². The van der Waals surface area contributed by atoms with Crippen molar-refractivity contribution in [3.05, 3.63) is 68.1 Å². The van der Waals surface area contributed by atoms with Crippen LogP contribution in [0.1, 0.15) is 17.2 Å². The first-order valence-corrected chi connectivity index (χ1v) is 7.13. The molecule has 1 nitrogen and oxygen atoms in total. The zero-order valence-electron chi connectivity index (χ0n) is 9.71. The van der Waals surface area contributed by atoms with Gasteiger partial charge in [-0.05, 0) is 35.9 Å². The number of aliphatic hydroxyl groups is 1. The summed E-state index contributed by atoms with van der Waals surface area (Å²) in [5.41, 5.74) is 0.481. The number of hydrogen-bond donors (Lipinski definition) is 1. The van der Waals surface area contributed by atoms with Gasteiger partial charge in [-0.25, -0.2) is 8.78 Å². The molecule has 1 atom stereocenters. The molecule has 0 aliphatic carbocycles. The van der Waals surface area contributed by atoms with E-state index in [1.54, 1.807) is 12.1 Å². The second-order valence-electron chi connectivity index (χ2n) is 4.12. The smallest absolute Gasteiger partial charge is 0.129 e. The zero-order chi connectivity index (χ0) is 14.0. The lowest BCUT2D eigenvalue weighted by atomic mass is 10.0. The van der Waals surface area contributed by atoms with Gasteiger partial charge in [0.05, 0.1) is 6.10 Å². The topological polar surface area (TPSA) is 20.2 Å². The summed E-state index contributed by atoms with van der Waals surface area (Å²) in [6.07, 6.45) is -1.08. The average molecular weight is 392 g/mol. The van der Waals surface area contributed by atoms with Gasteiger partial charge in [0.1, 0.15) is 11.6 Å². The average Bonchev–Trinajstić information content (AvgIpc) is 2.32. The van der Waals surface area contributed by atoms with Crippen molar-refractivity contribution in [3.8, 4) is 0 Å². The van der Waals surface area contributed by atoms with E-state index in [1.165, 1.54) is 18.2 Å². The summed E-state index contributed by atoms with van der Waals surface area (Å²) in [6, 6.07) is 8.92. The first kappa shape index (κ1) is 14.6. The van der Waals surface area contributed by atoms with Crippen LogP contribution in [0.5, 0.6) is 0 Å². The van der Waals surface area contributed by atoms with Gasteiger partial charge in [0, 0.05) is 20.9 Å². The van der Waals surface area contributed by atoms with Gasteiger partial charge in [-0.15, -0.1) is 0 Å². The minimum Gasteiger partial charge on any atom is -0.388 e. The van der Waals surface area contributed by atoms with Crippen molar-refractivity contribution in [2.45, 2.75) is 12.5 Å². The lowest BCUT2D eigenvalue weighted by molar-refractivity contribution is 0.175. The first-order valence-electron chi connectivity index (χ1n) is 5.54. The molecular weight excluding hydrogens is 382 g/mol. The second kappa shape index (κ2) is 6.11. The Balaban J connectivity index is 2.28. The fourth-order valence-corrected chi connectivity index (χ4v) is 3.14. The predicted molar refractivity (Wildman–Crippen MR) is 76.9 cm³/mol. The van der Waals surface area contributed by atoms with E-state index in [0.717, 1.165) is 8.95 Å². The molecule has 0 spiro atoms. The summed E-state index contributed by atoms with van der Waals surface area (Å²) < 4.78 is 28.6. The van der Waals surface area contributed by atoms with E-state index >= 15 is 0 Å². The highest BCUT2D eigenvalue weighted by Gasteiger charge is 2.16. The van der Waals surface area contributed by atoms with Gasteiger partial charge < -0.3 is 5.11 Å². The number of rotatable bonds is 3. The van der Waals surface area contributed by atoms with E-state index in [-0.39, 0.29) is 12.0 Å². The van der Waals surface area contributed by atoms with Crippen LogP contribution in [-0.4, -0.2) is 5.11 Å². The number of benzene rings is 2. The highest BCUT2D eigenvalue weighted by atomic mass is 79.9. The Bertz CT molecular complexity index is 561. The van der Waals surface area contributed by atoms with Gasteiger partial charge in [-0.3, -0.25) is 0 Å². The van der Waals surface area contributed by atoms with Gasteiger partial charge in [0.25, 0.3) is 0 Å². The molecule has 5 heteroatoms. The fourth-order valence-electron chi connectivity index (χ4n) is 1.81. The van der Waals surface area contributed by atoms with Crippen LogP contribution in [0.15, 0.2) is 45.3 Å². The minimum absolute atomic E-state index is 0.105. The SMILES string of the molecule is OC(Cc1c(F)cccc1F)c1cc(Br)cc(Br)c1. The second-order valence-corrected chi connectivity index (χ2v) is 5.95. The van der Waals surface area contributed by atoms with Gasteiger partial charge in [0.2, 0.25) is 0 Å². The molecule has 0 bridgehead atoms. The molecule has 2 aromatic rings.